The van der Waals surface area contributed by atoms with Gasteiger partial charge in [-0.05, 0) is 76.1 Å². The third-order valence-electron chi connectivity index (χ3n) is 5.76. The van der Waals surface area contributed by atoms with Crippen molar-refractivity contribution in [1.29, 1.82) is 0 Å². The number of esters is 1. The summed E-state index contributed by atoms with van der Waals surface area (Å²) in [6.45, 7) is 12.0. The summed E-state index contributed by atoms with van der Waals surface area (Å²) in [5, 5.41) is 0.721. The second-order valence-electron chi connectivity index (χ2n) is 8.29. The first-order valence-corrected chi connectivity index (χ1v) is 12.4. The van der Waals surface area contributed by atoms with E-state index in [2.05, 4.69) is 13.8 Å². The van der Waals surface area contributed by atoms with Crippen LogP contribution >= 0.6 is 0 Å². The number of fused-ring (bicyclic) bond motifs is 1. The molecule has 3 rings (SSSR count). The van der Waals surface area contributed by atoms with Gasteiger partial charge in [0.15, 0.2) is 6.61 Å². The predicted molar refractivity (Wildman–Crippen MR) is 138 cm³/mol. The molecule has 1 amide bonds. The lowest BCUT2D eigenvalue weighted by Crippen LogP contribution is -2.36. The third-order valence-corrected chi connectivity index (χ3v) is 5.76. The first kappa shape index (κ1) is 26.1. The van der Waals surface area contributed by atoms with E-state index in [-0.39, 0.29) is 25.1 Å². The number of rotatable bonds is 12. The number of hydrogen-bond donors (Lipinski definition) is 0. The largest absolute Gasteiger partial charge is 0.494 e. The summed E-state index contributed by atoms with van der Waals surface area (Å²) in [4.78, 5) is 27.4. The quantitative estimate of drug-likeness (QED) is 0.318. The Morgan fingerprint density at radius 3 is 2.11 bits per heavy atom. The van der Waals surface area contributed by atoms with E-state index < -0.39 is 0 Å². The highest BCUT2D eigenvalue weighted by Gasteiger charge is 2.23. The van der Waals surface area contributed by atoms with E-state index in [4.69, 9.17) is 14.2 Å². The van der Waals surface area contributed by atoms with Gasteiger partial charge in [0.25, 0.3) is 5.91 Å². The second-order valence-corrected chi connectivity index (χ2v) is 8.29. The van der Waals surface area contributed by atoms with Crippen molar-refractivity contribution < 1.29 is 23.8 Å². The van der Waals surface area contributed by atoms with Gasteiger partial charge in [-0.3, -0.25) is 4.79 Å². The van der Waals surface area contributed by atoms with E-state index in [1.165, 1.54) is 0 Å². The summed E-state index contributed by atoms with van der Waals surface area (Å²) >= 11 is 0. The van der Waals surface area contributed by atoms with Gasteiger partial charge in [0.2, 0.25) is 0 Å². The number of carbonyl (C=O) groups excluding carboxylic acids is 2. The first-order chi connectivity index (χ1) is 16.9. The van der Waals surface area contributed by atoms with Crippen molar-refractivity contribution in [3.05, 3.63) is 53.7 Å². The van der Waals surface area contributed by atoms with Crippen LogP contribution in [0.1, 0.15) is 56.6 Å². The molecule has 0 fully saturated rings. The lowest BCUT2D eigenvalue weighted by atomic mass is 10.1. The number of amides is 1. The Bertz CT molecular complexity index is 1140. The van der Waals surface area contributed by atoms with Gasteiger partial charge < -0.3 is 23.7 Å². The Balaban J connectivity index is 1.98. The van der Waals surface area contributed by atoms with E-state index in [0.717, 1.165) is 40.9 Å². The SMILES string of the molecule is CCCN(CCC)C(=O)COc1ccc2c(c1)c(C(=O)OCC)c(C)n2-c1ccc(OCC)cc1. The van der Waals surface area contributed by atoms with Gasteiger partial charge >= 0.3 is 5.97 Å². The molecule has 0 aliphatic heterocycles. The highest BCUT2D eigenvalue weighted by atomic mass is 16.5. The van der Waals surface area contributed by atoms with Crippen molar-refractivity contribution in [3.63, 3.8) is 0 Å². The molecular weight excluding hydrogens is 444 g/mol. The van der Waals surface area contributed by atoms with Gasteiger partial charge in [0.05, 0.1) is 24.3 Å². The van der Waals surface area contributed by atoms with Gasteiger partial charge in [0, 0.05) is 29.9 Å². The molecule has 0 radical (unpaired) electrons. The molecule has 7 heteroatoms. The molecule has 1 heterocycles. The minimum Gasteiger partial charge on any atom is -0.494 e. The number of ether oxygens (including phenoxy) is 3. The summed E-state index contributed by atoms with van der Waals surface area (Å²) in [6, 6.07) is 13.3. The molecule has 0 N–H and O–H groups in total. The minimum absolute atomic E-state index is 0.0393. The van der Waals surface area contributed by atoms with Crippen LogP contribution in [-0.2, 0) is 9.53 Å². The number of benzene rings is 2. The summed E-state index contributed by atoms with van der Waals surface area (Å²) < 4.78 is 18.8. The Hall–Kier alpha value is -3.48. The van der Waals surface area contributed by atoms with Gasteiger partial charge in [-0.2, -0.15) is 0 Å². The molecule has 0 spiro atoms. The average molecular weight is 481 g/mol. The molecule has 0 aliphatic carbocycles. The molecule has 188 valence electrons. The summed E-state index contributed by atoms with van der Waals surface area (Å²) in [5.41, 5.74) is 3.02. The van der Waals surface area contributed by atoms with Crippen LogP contribution in [-0.4, -0.2) is 54.3 Å². The Kier molecular flexibility index (Phi) is 9.18. The standard InChI is InChI=1S/C28H36N2O5/c1-6-16-29(17-7-2)26(31)19-35-23-14-15-25-24(18-23)27(28(32)34-9-4)20(5)30(25)21-10-12-22(13-11-21)33-8-3/h10-15,18H,6-9,16-17,19H2,1-5H3. The van der Waals surface area contributed by atoms with Crippen LogP contribution in [0.4, 0.5) is 0 Å². The van der Waals surface area contributed by atoms with E-state index in [1.54, 1.807) is 6.92 Å². The molecule has 3 aromatic rings. The van der Waals surface area contributed by atoms with Crippen molar-refractivity contribution in [2.45, 2.75) is 47.5 Å². The fourth-order valence-electron chi connectivity index (χ4n) is 4.28. The Morgan fingerprint density at radius 2 is 1.51 bits per heavy atom. The normalized spacial score (nSPS) is 10.9. The lowest BCUT2D eigenvalue weighted by molar-refractivity contribution is -0.133. The zero-order valence-corrected chi connectivity index (χ0v) is 21.4. The molecule has 1 aromatic heterocycles. The fraction of sp³-hybridized carbons (Fsp3) is 0.429. The highest BCUT2D eigenvalue weighted by Crippen LogP contribution is 2.33. The molecule has 0 atom stereocenters. The minimum atomic E-state index is -0.384. The van der Waals surface area contributed by atoms with E-state index >= 15 is 0 Å². The molecule has 0 unspecified atom stereocenters. The number of aromatic nitrogens is 1. The number of carbonyl (C=O) groups is 2. The van der Waals surface area contributed by atoms with E-state index in [0.29, 0.717) is 31.0 Å². The maximum Gasteiger partial charge on any atom is 0.340 e. The topological polar surface area (TPSA) is 70.0 Å². The molecule has 0 saturated carbocycles. The number of nitrogens with zero attached hydrogens (tertiary/aromatic N) is 2. The highest BCUT2D eigenvalue weighted by molar-refractivity contribution is 6.07. The van der Waals surface area contributed by atoms with E-state index in [1.807, 2.05) is 65.8 Å². The van der Waals surface area contributed by atoms with Gasteiger partial charge in [-0.25, -0.2) is 4.79 Å². The van der Waals surface area contributed by atoms with Gasteiger partial charge in [-0.15, -0.1) is 0 Å². The molecular formula is C28H36N2O5. The van der Waals surface area contributed by atoms with Crippen molar-refractivity contribution in [2.75, 3.05) is 32.9 Å². The van der Waals surface area contributed by atoms with Crippen LogP contribution in [0.3, 0.4) is 0 Å². The monoisotopic (exact) mass is 480 g/mol. The van der Waals surface area contributed by atoms with Gasteiger partial charge in [0.1, 0.15) is 11.5 Å². The van der Waals surface area contributed by atoms with Crippen molar-refractivity contribution in [2.24, 2.45) is 0 Å². The Morgan fingerprint density at radius 1 is 0.857 bits per heavy atom. The summed E-state index contributed by atoms with van der Waals surface area (Å²) in [6.07, 6.45) is 1.80. The van der Waals surface area contributed by atoms with Crippen LogP contribution in [0, 0.1) is 6.92 Å². The third kappa shape index (κ3) is 5.96. The molecule has 2 aromatic carbocycles. The molecule has 0 bridgehead atoms. The molecule has 7 nitrogen and oxygen atoms in total. The average Bonchev–Trinajstić information content (AvgIpc) is 3.14. The molecule has 0 aliphatic rings. The van der Waals surface area contributed by atoms with Crippen LogP contribution < -0.4 is 9.47 Å². The Labute approximate surface area is 207 Å². The van der Waals surface area contributed by atoms with Crippen LogP contribution in [0.15, 0.2) is 42.5 Å². The molecule has 0 saturated heterocycles. The van der Waals surface area contributed by atoms with Crippen LogP contribution in [0.25, 0.3) is 16.6 Å². The first-order valence-electron chi connectivity index (χ1n) is 12.4. The van der Waals surface area contributed by atoms with Crippen molar-refractivity contribution >= 4 is 22.8 Å². The summed E-state index contributed by atoms with van der Waals surface area (Å²) in [7, 11) is 0. The fourth-order valence-corrected chi connectivity index (χ4v) is 4.28. The maximum absolute atomic E-state index is 12.9. The second kappa shape index (κ2) is 12.3. The van der Waals surface area contributed by atoms with E-state index in [9.17, 15) is 9.59 Å². The molecule has 35 heavy (non-hydrogen) atoms. The van der Waals surface area contributed by atoms with Crippen molar-refractivity contribution in [1.82, 2.24) is 9.47 Å². The lowest BCUT2D eigenvalue weighted by Gasteiger charge is -2.21. The predicted octanol–water partition coefficient (Wildman–Crippen LogP) is 5.54. The van der Waals surface area contributed by atoms with Crippen LogP contribution in [0.5, 0.6) is 11.5 Å². The van der Waals surface area contributed by atoms with Crippen molar-refractivity contribution in [3.8, 4) is 17.2 Å². The smallest absolute Gasteiger partial charge is 0.340 e. The zero-order valence-electron chi connectivity index (χ0n) is 21.4. The van der Waals surface area contributed by atoms with Gasteiger partial charge in [-0.1, -0.05) is 13.8 Å². The van der Waals surface area contributed by atoms with Crippen LogP contribution in [0.2, 0.25) is 0 Å². The summed E-state index contributed by atoms with van der Waals surface area (Å²) in [5.74, 6) is 0.900. The number of hydrogen-bond acceptors (Lipinski definition) is 5. The zero-order chi connectivity index (χ0) is 25.4. The maximum atomic E-state index is 12.9.